The largest absolute Gasteiger partial charge is 0.466 e. The van der Waals surface area contributed by atoms with Crippen LogP contribution in [0.25, 0.3) is 0 Å². The quantitative estimate of drug-likeness (QED) is 0.510. The molecule has 0 aromatic heterocycles. The van der Waals surface area contributed by atoms with Crippen molar-refractivity contribution in [1.82, 2.24) is 0 Å². The molecule has 1 atom stereocenters. The molecule has 0 aromatic rings. The minimum atomic E-state index is -0.435. The fourth-order valence-corrected chi connectivity index (χ4v) is 2.12. The molecule has 4 heteroatoms. The molecule has 0 N–H and O–H groups in total. The van der Waals surface area contributed by atoms with E-state index >= 15 is 0 Å². The molecule has 0 aromatic carbocycles. The summed E-state index contributed by atoms with van der Waals surface area (Å²) in [6.45, 7) is 3.07. The number of hydrogen-bond donors (Lipinski definition) is 0. The van der Waals surface area contributed by atoms with Crippen LogP contribution in [0.3, 0.4) is 0 Å². The predicted molar refractivity (Wildman–Crippen MR) is 53.1 cm³/mol. The molecule has 4 nitrogen and oxygen atoms in total. The van der Waals surface area contributed by atoms with Gasteiger partial charge < -0.3 is 14.2 Å². The number of carbonyl (C=O) groups excluding carboxylic acids is 1. The Morgan fingerprint density at radius 1 is 1.47 bits per heavy atom. The number of carbonyl (C=O) groups is 1. The summed E-state index contributed by atoms with van der Waals surface area (Å²) in [4.78, 5) is 11.2. The first kappa shape index (κ1) is 10.6. The maximum Gasteiger partial charge on any atom is 0.333 e. The first-order valence-electron chi connectivity index (χ1n) is 5.22. The molecule has 1 heterocycles. The molecule has 2 rings (SSSR count). The molecule has 0 radical (unpaired) electrons. The molecule has 1 saturated heterocycles. The Morgan fingerprint density at radius 3 is 2.60 bits per heavy atom. The van der Waals surface area contributed by atoms with Crippen molar-refractivity contribution in [1.29, 1.82) is 0 Å². The van der Waals surface area contributed by atoms with Gasteiger partial charge in [-0.05, 0) is 13.3 Å². The van der Waals surface area contributed by atoms with E-state index in [2.05, 4.69) is 4.74 Å². The monoisotopic (exact) mass is 212 g/mol. The second-order valence-electron chi connectivity index (χ2n) is 4.00. The van der Waals surface area contributed by atoms with Crippen molar-refractivity contribution in [3.8, 4) is 0 Å². The molecule has 15 heavy (non-hydrogen) atoms. The van der Waals surface area contributed by atoms with E-state index in [4.69, 9.17) is 9.47 Å². The Labute approximate surface area is 89.2 Å². The average Bonchev–Trinajstić information content (AvgIpc) is 2.74. The lowest BCUT2D eigenvalue weighted by atomic mass is 9.77. The number of esters is 1. The third kappa shape index (κ3) is 1.79. The van der Waals surface area contributed by atoms with Crippen molar-refractivity contribution in [3.05, 3.63) is 11.6 Å². The number of rotatable bonds is 2. The van der Waals surface area contributed by atoms with E-state index in [1.54, 1.807) is 6.92 Å². The summed E-state index contributed by atoms with van der Waals surface area (Å²) < 4.78 is 15.8. The smallest absolute Gasteiger partial charge is 0.333 e. The van der Waals surface area contributed by atoms with Crippen LogP contribution in [-0.4, -0.2) is 32.1 Å². The minimum Gasteiger partial charge on any atom is -0.466 e. The van der Waals surface area contributed by atoms with E-state index < -0.39 is 5.79 Å². The van der Waals surface area contributed by atoms with Crippen LogP contribution >= 0.6 is 0 Å². The Bertz CT molecular complexity index is 289. The fourth-order valence-electron chi connectivity index (χ4n) is 2.12. The summed E-state index contributed by atoms with van der Waals surface area (Å²) in [5.74, 6) is -0.524. The Hall–Kier alpha value is -0.870. The average molecular weight is 212 g/mol. The summed E-state index contributed by atoms with van der Waals surface area (Å²) >= 11 is 0. The van der Waals surface area contributed by atoms with Gasteiger partial charge in [0.2, 0.25) is 0 Å². The number of hydrogen-bond acceptors (Lipinski definition) is 4. The van der Waals surface area contributed by atoms with Crippen molar-refractivity contribution in [3.63, 3.8) is 0 Å². The van der Waals surface area contributed by atoms with Gasteiger partial charge >= 0.3 is 5.97 Å². The first-order valence-corrected chi connectivity index (χ1v) is 5.22. The SMILES string of the molecule is COC(=O)/C(C)=C/C1CCC12OCCO2. The Balaban J connectivity index is 2.03. The summed E-state index contributed by atoms with van der Waals surface area (Å²) in [6.07, 6.45) is 3.83. The van der Waals surface area contributed by atoms with Crippen LogP contribution in [0, 0.1) is 5.92 Å². The maximum absolute atomic E-state index is 11.2. The second kappa shape index (κ2) is 3.94. The third-order valence-corrected chi connectivity index (χ3v) is 3.10. The molecular formula is C11H16O4. The molecule has 1 aliphatic carbocycles. The Kier molecular flexibility index (Phi) is 2.80. The van der Waals surface area contributed by atoms with E-state index in [0.717, 1.165) is 12.8 Å². The highest BCUT2D eigenvalue weighted by Gasteiger charge is 2.50. The fraction of sp³-hybridized carbons (Fsp3) is 0.727. The highest BCUT2D eigenvalue weighted by atomic mass is 16.7. The van der Waals surface area contributed by atoms with Gasteiger partial charge in [0.05, 0.1) is 20.3 Å². The van der Waals surface area contributed by atoms with Crippen molar-refractivity contribution in [2.24, 2.45) is 5.92 Å². The summed E-state index contributed by atoms with van der Waals surface area (Å²) in [5, 5.41) is 0. The molecule has 2 fully saturated rings. The lowest BCUT2D eigenvalue weighted by molar-refractivity contribution is -0.234. The van der Waals surface area contributed by atoms with Gasteiger partial charge in [0, 0.05) is 17.9 Å². The molecule has 2 aliphatic rings. The van der Waals surface area contributed by atoms with E-state index in [9.17, 15) is 4.79 Å². The van der Waals surface area contributed by atoms with Gasteiger partial charge in [0.25, 0.3) is 0 Å². The van der Waals surface area contributed by atoms with E-state index in [0.29, 0.717) is 18.8 Å². The van der Waals surface area contributed by atoms with Crippen LogP contribution in [0.1, 0.15) is 19.8 Å². The molecule has 1 unspecified atom stereocenters. The topological polar surface area (TPSA) is 44.8 Å². The van der Waals surface area contributed by atoms with Crippen molar-refractivity contribution >= 4 is 5.97 Å². The Morgan fingerprint density at radius 2 is 2.13 bits per heavy atom. The van der Waals surface area contributed by atoms with Gasteiger partial charge in [-0.25, -0.2) is 4.79 Å². The van der Waals surface area contributed by atoms with Crippen LogP contribution in [0.2, 0.25) is 0 Å². The molecule has 1 spiro atoms. The van der Waals surface area contributed by atoms with E-state index in [-0.39, 0.29) is 11.9 Å². The molecule has 1 aliphatic heterocycles. The van der Waals surface area contributed by atoms with Crippen LogP contribution in [0.5, 0.6) is 0 Å². The van der Waals surface area contributed by atoms with Gasteiger partial charge in [-0.3, -0.25) is 0 Å². The summed E-state index contributed by atoms with van der Waals surface area (Å²) in [7, 11) is 1.39. The van der Waals surface area contributed by atoms with Crippen LogP contribution in [-0.2, 0) is 19.0 Å². The molecule has 0 amide bonds. The van der Waals surface area contributed by atoms with E-state index in [1.165, 1.54) is 7.11 Å². The first-order chi connectivity index (χ1) is 7.18. The zero-order chi connectivity index (χ0) is 10.9. The zero-order valence-electron chi connectivity index (χ0n) is 9.12. The van der Waals surface area contributed by atoms with Gasteiger partial charge in [-0.15, -0.1) is 0 Å². The van der Waals surface area contributed by atoms with Gasteiger partial charge in [0.15, 0.2) is 5.79 Å². The molecule has 0 bridgehead atoms. The number of methoxy groups -OCH3 is 1. The highest BCUT2D eigenvalue weighted by molar-refractivity contribution is 5.87. The van der Waals surface area contributed by atoms with Crippen LogP contribution in [0.4, 0.5) is 0 Å². The van der Waals surface area contributed by atoms with E-state index in [1.807, 2.05) is 6.08 Å². The lowest BCUT2D eigenvalue weighted by Gasteiger charge is -2.43. The molecular weight excluding hydrogens is 196 g/mol. The van der Waals surface area contributed by atoms with Crippen LogP contribution in [0.15, 0.2) is 11.6 Å². The highest BCUT2D eigenvalue weighted by Crippen LogP contribution is 2.46. The zero-order valence-corrected chi connectivity index (χ0v) is 9.12. The minimum absolute atomic E-state index is 0.194. The molecule has 84 valence electrons. The van der Waals surface area contributed by atoms with Gasteiger partial charge in [-0.2, -0.15) is 0 Å². The van der Waals surface area contributed by atoms with Crippen molar-refractivity contribution in [2.75, 3.05) is 20.3 Å². The van der Waals surface area contributed by atoms with Crippen LogP contribution < -0.4 is 0 Å². The van der Waals surface area contributed by atoms with Crippen molar-refractivity contribution in [2.45, 2.75) is 25.6 Å². The number of ether oxygens (including phenoxy) is 3. The predicted octanol–water partition coefficient (Wildman–Crippen LogP) is 1.26. The maximum atomic E-state index is 11.2. The normalized spacial score (nSPS) is 28.9. The summed E-state index contributed by atoms with van der Waals surface area (Å²) in [5.41, 5.74) is 0.626. The summed E-state index contributed by atoms with van der Waals surface area (Å²) in [6, 6.07) is 0. The standard InChI is InChI=1S/C11H16O4/c1-8(10(12)13-2)7-9-3-4-11(9)14-5-6-15-11/h7,9H,3-6H2,1-2H3/b8-7+. The van der Waals surface area contributed by atoms with Gasteiger partial charge in [-0.1, -0.05) is 6.08 Å². The van der Waals surface area contributed by atoms with Gasteiger partial charge in [0.1, 0.15) is 0 Å². The second-order valence-corrected chi connectivity index (χ2v) is 4.00. The third-order valence-electron chi connectivity index (χ3n) is 3.10. The molecule has 1 saturated carbocycles. The lowest BCUT2D eigenvalue weighted by Crippen LogP contribution is -2.47. The van der Waals surface area contributed by atoms with Crippen molar-refractivity contribution < 1.29 is 19.0 Å².